The molecule has 6 nitrogen and oxygen atoms in total. The van der Waals surface area contributed by atoms with Gasteiger partial charge < -0.3 is 5.32 Å². The summed E-state index contributed by atoms with van der Waals surface area (Å²) < 4.78 is 14.5. The summed E-state index contributed by atoms with van der Waals surface area (Å²) in [5, 5.41) is 2.49. The molecule has 0 radical (unpaired) electrons. The molecule has 3 rings (SSSR count). The summed E-state index contributed by atoms with van der Waals surface area (Å²) >= 11 is 5.71. The number of halogens is 2. The lowest BCUT2D eigenvalue weighted by atomic mass is 10.2. The Kier molecular flexibility index (Phi) is 5.09. The Labute approximate surface area is 153 Å². The SMILES string of the molecule is Cc1cc(=O)n(CC(=O)Nc2ccc(F)c(Cl)c2)c(-c2ccncc2)n1. The Hall–Kier alpha value is -3.06. The van der Waals surface area contributed by atoms with Crippen molar-refractivity contribution in [3.8, 4) is 11.4 Å². The zero-order valence-corrected chi connectivity index (χ0v) is 14.5. The van der Waals surface area contributed by atoms with Gasteiger partial charge in [-0.05, 0) is 37.3 Å². The molecule has 26 heavy (non-hydrogen) atoms. The van der Waals surface area contributed by atoms with E-state index in [0.29, 0.717) is 22.8 Å². The number of benzene rings is 1. The van der Waals surface area contributed by atoms with E-state index >= 15 is 0 Å². The van der Waals surface area contributed by atoms with Crippen LogP contribution in [0, 0.1) is 12.7 Å². The number of pyridine rings is 1. The van der Waals surface area contributed by atoms with Gasteiger partial charge in [-0.2, -0.15) is 0 Å². The van der Waals surface area contributed by atoms with Crippen LogP contribution in [0.4, 0.5) is 10.1 Å². The van der Waals surface area contributed by atoms with Gasteiger partial charge in [-0.25, -0.2) is 9.37 Å². The summed E-state index contributed by atoms with van der Waals surface area (Å²) in [6, 6.07) is 8.60. The van der Waals surface area contributed by atoms with E-state index in [1.165, 1.54) is 22.8 Å². The molecule has 0 atom stereocenters. The van der Waals surface area contributed by atoms with Gasteiger partial charge in [0.25, 0.3) is 5.56 Å². The topological polar surface area (TPSA) is 76.9 Å². The molecule has 132 valence electrons. The number of nitrogens with zero attached hydrogens (tertiary/aromatic N) is 3. The quantitative estimate of drug-likeness (QED) is 0.763. The molecule has 2 heterocycles. The summed E-state index contributed by atoms with van der Waals surface area (Å²) in [4.78, 5) is 33.0. The molecule has 8 heteroatoms. The highest BCUT2D eigenvalue weighted by Gasteiger charge is 2.13. The van der Waals surface area contributed by atoms with Crippen molar-refractivity contribution < 1.29 is 9.18 Å². The van der Waals surface area contributed by atoms with Crippen LogP contribution in [0.1, 0.15) is 5.69 Å². The Morgan fingerprint density at radius 3 is 2.65 bits per heavy atom. The van der Waals surface area contributed by atoms with Crippen LogP contribution in [0.3, 0.4) is 0 Å². The number of hydrogen-bond acceptors (Lipinski definition) is 4. The summed E-state index contributed by atoms with van der Waals surface area (Å²) in [5.41, 5.74) is 1.19. The van der Waals surface area contributed by atoms with E-state index in [2.05, 4.69) is 15.3 Å². The van der Waals surface area contributed by atoms with Crippen LogP contribution < -0.4 is 10.9 Å². The van der Waals surface area contributed by atoms with Crippen LogP contribution in [-0.2, 0) is 11.3 Å². The van der Waals surface area contributed by atoms with Gasteiger partial charge in [-0.3, -0.25) is 19.1 Å². The van der Waals surface area contributed by atoms with Crippen LogP contribution in [0.5, 0.6) is 0 Å². The van der Waals surface area contributed by atoms with Crippen LogP contribution in [0.15, 0.2) is 53.6 Å². The van der Waals surface area contributed by atoms with Crippen molar-refractivity contribution in [1.29, 1.82) is 0 Å². The minimum Gasteiger partial charge on any atom is -0.324 e. The molecule has 1 aromatic carbocycles. The van der Waals surface area contributed by atoms with E-state index in [9.17, 15) is 14.0 Å². The van der Waals surface area contributed by atoms with Gasteiger partial charge in [0.1, 0.15) is 18.2 Å². The van der Waals surface area contributed by atoms with Gasteiger partial charge in [0.05, 0.1) is 5.02 Å². The second kappa shape index (κ2) is 7.45. The zero-order valence-electron chi connectivity index (χ0n) is 13.7. The molecule has 0 aliphatic heterocycles. The average Bonchev–Trinajstić information content (AvgIpc) is 2.61. The Morgan fingerprint density at radius 1 is 1.23 bits per heavy atom. The third-order valence-electron chi connectivity index (χ3n) is 3.58. The van der Waals surface area contributed by atoms with Crippen molar-refractivity contribution in [2.45, 2.75) is 13.5 Å². The number of carbonyl (C=O) groups is 1. The molecule has 2 aromatic heterocycles. The maximum absolute atomic E-state index is 13.2. The second-order valence-electron chi connectivity index (χ2n) is 5.56. The lowest BCUT2D eigenvalue weighted by Crippen LogP contribution is -2.29. The van der Waals surface area contributed by atoms with Crippen molar-refractivity contribution in [2.24, 2.45) is 0 Å². The first-order valence-electron chi connectivity index (χ1n) is 7.68. The summed E-state index contributed by atoms with van der Waals surface area (Å²) in [5.74, 6) is -0.677. The minimum atomic E-state index is -0.580. The fourth-order valence-corrected chi connectivity index (χ4v) is 2.59. The van der Waals surface area contributed by atoms with Crippen LogP contribution in [0.2, 0.25) is 5.02 Å². The molecule has 0 spiro atoms. The first-order valence-corrected chi connectivity index (χ1v) is 8.05. The molecule has 0 unspecified atom stereocenters. The zero-order chi connectivity index (χ0) is 18.7. The Morgan fingerprint density at radius 2 is 1.96 bits per heavy atom. The van der Waals surface area contributed by atoms with E-state index in [1.54, 1.807) is 31.5 Å². The number of nitrogens with one attached hydrogen (secondary N) is 1. The number of aromatic nitrogens is 3. The van der Waals surface area contributed by atoms with Gasteiger partial charge in [0, 0.05) is 35.4 Å². The van der Waals surface area contributed by atoms with Crippen LogP contribution in [0.25, 0.3) is 11.4 Å². The molecular weight excluding hydrogens is 359 g/mol. The molecule has 0 aliphatic rings. The minimum absolute atomic E-state index is 0.102. The summed E-state index contributed by atoms with van der Waals surface area (Å²) in [6.45, 7) is 1.45. The maximum atomic E-state index is 13.2. The molecule has 0 bridgehead atoms. The van der Waals surface area contributed by atoms with Gasteiger partial charge in [0.15, 0.2) is 0 Å². The maximum Gasteiger partial charge on any atom is 0.254 e. The lowest BCUT2D eigenvalue weighted by molar-refractivity contribution is -0.116. The highest BCUT2D eigenvalue weighted by molar-refractivity contribution is 6.31. The number of rotatable bonds is 4. The van der Waals surface area contributed by atoms with E-state index in [4.69, 9.17) is 11.6 Å². The predicted octanol–water partition coefficient (Wildman–Crippen LogP) is 3.04. The molecular formula is C18H14ClFN4O2. The number of anilines is 1. The van der Waals surface area contributed by atoms with Gasteiger partial charge >= 0.3 is 0 Å². The molecule has 3 aromatic rings. The summed E-state index contributed by atoms with van der Waals surface area (Å²) in [6.07, 6.45) is 3.16. The van der Waals surface area contributed by atoms with Crippen molar-refractivity contribution in [3.63, 3.8) is 0 Å². The highest BCUT2D eigenvalue weighted by atomic mass is 35.5. The standard InChI is InChI=1S/C18H14ClFN4O2/c1-11-8-17(26)24(18(22-11)12-4-6-21-7-5-12)10-16(25)23-13-2-3-15(20)14(19)9-13/h2-9H,10H2,1H3,(H,23,25). The summed E-state index contributed by atoms with van der Waals surface area (Å²) in [7, 11) is 0. The third kappa shape index (κ3) is 3.94. The predicted molar refractivity (Wildman–Crippen MR) is 96.5 cm³/mol. The second-order valence-corrected chi connectivity index (χ2v) is 5.97. The first-order chi connectivity index (χ1) is 12.4. The fraction of sp³-hybridized carbons (Fsp3) is 0.111. The van der Waals surface area contributed by atoms with E-state index in [1.807, 2.05) is 0 Å². The van der Waals surface area contributed by atoms with Crippen molar-refractivity contribution >= 4 is 23.2 Å². The number of hydrogen-bond donors (Lipinski definition) is 1. The first kappa shape index (κ1) is 17.8. The molecule has 0 fully saturated rings. The fourth-order valence-electron chi connectivity index (χ4n) is 2.41. The molecule has 0 aliphatic carbocycles. The smallest absolute Gasteiger partial charge is 0.254 e. The van der Waals surface area contributed by atoms with Crippen LogP contribution in [-0.4, -0.2) is 20.4 Å². The van der Waals surface area contributed by atoms with Gasteiger partial charge in [-0.1, -0.05) is 11.6 Å². The van der Waals surface area contributed by atoms with Gasteiger partial charge in [0.2, 0.25) is 5.91 Å². The van der Waals surface area contributed by atoms with Crippen LogP contribution >= 0.6 is 11.6 Å². The average molecular weight is 373 g/mol. The normalized spacial score (nSPS) is 10.6. The largest absolute Gasteiger partial charge is 0.324 e. The highest BCUT2D eigenvalue weighted by Crippen LogP contribution is 2.20. The Balaban J connectivity index is 1.90. The number of amides is 1. The monoisotopic (exact) mass is 372 g/mol. The number of aryl methyl sites for hydroxylation is 1. The molecule has 1 N–H and O–H groups in total. The van der Waals surface area contributed by atoms with E-state index in [0.717, 1.165) is 6.07 Å². The molecule has 1 amide bonds. The van der Waals surface area contributed by atoms with Gasteiger partial charge in [-0.15, -0.1) is 0 Å². The van der Waals surface area contributed by atoms with E-state index < -0.39 is 11.7 Å². The lowest BCUT2D eigenvalue weighted by Gasteiger charge is -2.13. The van der Waals surface area contributed by atoms with Crippen molar-refractivity contribution in [1.82, 2.24) is 14.5 Å². The Bertz CT molecular complexity index is 1020. The van der Waals surface area contributed by atoms with Crippen molar-refractivity contribution in [2.75, 3.05) is 5.32 Å². The third-order valence-corrected chi connectivity index (χ3v) is 3.87. The molecule has 0 saturated heterocycles. The molecule has 0 saturated carbocycles. The number of carbonyl (C=O) groups excluding carboxylic acids is 1. The van der Waals surface area contributed by atoms with Crippen molar-refractivity contribution in [3.05, 3.63) is 75.7 Å². The van der Waals surface area contributed by atoms with E-state index in [-0.39, 0.29) is 17.1 Å².